The average Bonchev–Trinajstić information content (AvgIpc) is 3.55. The van der Waals surface area contributed by atoms with Gasteiger partial charge in [-0.15, -0.1) is 0 Å². The van der Waals surface area contributed by atoms with Crippen molar-refractivity contribution in [1.82, 2.24) is 0 Å². The first kappa shape index (κ1) is 38.6. The summed E-state index contributed by atoms with van der Waals surface area (Å²) >= 11 is 6.55. The molecule has 0 amide bonds. The summed E-state index contributed by atoms with van der Waals surface area (Å²) < 4.78 is 38.7. The molecule has 3 aliphatic heterocycles. The largest absolute Gasteiger partial charge is 0.494 e. The summed E-state index contributed by atoms with van der Waals surface area (Å²) in [4.78, 5) is 0. The molecule has 4 aromatic carbocycles. The Morgan fingerprint density at radius 1 is 0.340 bits per heavy atom. The minimum absolute atomic E-state index is 0.435. The van der Waals surface area contributed by atoms with E-state index in [1.165, 1.54) is 20.7 Å². The number of hydrogen-bond donors (Lipinski definition) is 0. The Kier molecular flexibility index (Phi) is 9.44. The van der Waals surface area contributed by atoms with Gasteiger partial charge in [0.2, 0.25) is 0 Å². The van der Waals surface area contributed by atoms with Crippen LogP contribution in [0, 0.1) is 0 Å². The number of benzene rings is 4. The summed E-state index contributed by atoms with van der Waals surface area (Å²) in [6, 6.07) is 34.8. The lowest BCUT2D eigenvalue weighted by Gasteiger charge is -2.35. The Labute approximate surface area is 323 Å². The van der Waals surface area contributed by atoms with Gasteiger partial charge in [-0.2, -0.15) is 0 Å². The third-order valence-electron chi connectivity index (χ3n) is 12.9. The van der Waals surface area contributed by atoms with Gasteiger partial charge >= 0.3 is 21.4 Å². The molecule has 3 aliphatic rings. The summed E-state index contributed by atoms with van der Waals surface area (Å²) in [5.41, 5.74) is 0.347. The highest BCUT2D eigenvalue weighted by Crippen LogP contribution is 2.38. The van der Waals surface area contributed by atoms with E-state index in [9.17, 15) is 0 Å². The van der Waals surface area contributed by atoms with Gasteiger partial charge in [-0.1, -0.05) is 96.5 Å². The van der Waals surface area contributed by atoms with E-state index in [4.69, 9.17) is 39.5 Å². The summed E-state index contributed by atoms with van der Waals surface area (Å²) in [5.74, 6) is 0. The molecule has 3 saturated heterocycles. The minimum Gasteiger partial charge on any atom is -0.399 e. The van der Waals surface area contributed by atoms with Gasteiger partial charge in [-0.25, -0.2) is 0 Å². The number of halogens is 1. The maximum Gasteiger partial charge on any atom is 0.494 e. The Balaban J connectivity index is 1.37. The van der Waals surface area contributed by atoms with Crippen molar-refractivity contribution in [1.29, 1.82) is 0 Å². The van der Waals surface area contributed by atoms with Gasteiger partial charge in [0.15, 0.2) is 8.07 Å². The van der Waals surface area contributed by atoms with Crippen LogP contribution in [0.25, 0.3) is 0 Å². The Hall–Kier alpha value is -2.66. The summed E-state index contributed by atoms with van der Waals surface area (Å²) in [6.07, 6.45) is 0. The van der Waals surface area contributed by atoms with Crippen molar-refractivity contribution < 1.29 is 27.9 Å². The van der Waals surface area contributed by atoms with Crippen LogP contribution in [0.3, 0.4) is 0 Å². The van der Waals surface area contributed by atoms with Crippen molar-refractivity contribution in [3.8, 4) is 0 Å². The molecule has 0 spiro atoms. The first-order valence-corrected chi connectivity index (χ1v) is 21.1. The highest BCUT2D eigenvalue weighted by atomic mass is 35.5. The molecule has 276 valence electrons. The standard InChI is InChI=1S/C42H52B3ClO6Si/c1-37(2)38(3,4)48-43(47-37)29-13-21-33(22-14-29)53(36-27-19-32(46)20-28-36,34-23-15-30(16-24-34)44-49-39(5,6)40(7,8)50-44)35-25-17-31(18-26-35)45-51-41(9,10)42(11,12)52-45/h13-28H,1-12H3. The van der Waals surface area contributed by atoms with Gasteiger partial charge in [0.25, 0.3) is 0 Å². The number of rotatable bonds is 7. The van der Waals surface area contributed by atoms with Crippen molar-refractivity contribution >= 4 is 78.2 Å². The smallest absolute Gasteiger partial charge is 0.399 e. The van der Waals surface area contributed by atoms with Crippen LogP contribution in [0.4, 0.5) is 0 Å². The van der Waals surface area contributed by atoms with Crippen molar-refractivity contribution in [2.45, 2.75) is 117 Å². The van der Waals surface area contributed by atoms with Gasteiger partial charge in [-0.05, 0) is 132 Å². The lowest BCUT2D eigenvalue weighted by Crippen LogP contribution is -2.75. The zero-order valence-electron chi connectivity index (χ0n) is 33.3. The van der Waals surface area contributed by atoms with E-state index in [2.05, 4.69) is 168 Å². The molecule has 0 aliphatic carbocycles. The quantitative estimate of drug-likeness (QED) is 0.204. The molecule has 3 fully saturated rings. The molecule has 4 aromatic rings. The van der Waals surface area contributed by atoms with Gasteiger partial charge < -0.3 is 27.9 Å². The van der Waals surface area contributed by atoms with Crippen LogP contribution in [0.5, 0.6) is 0 Å². The highest BCUT2D eigenvalue weighted by molar-refractivity contribution is 7.20. The molecule has 53 heavy (non-hydrogen) atoms. The Morgan fingerprint density at radius 2 is 0.528 bits per heavy atom. The van der Waals surface area contributed by atoms with Crippen molar-refractivity contribution in [2.24, 2.45) is 0 Å². The van der Waals surface area contributed by atoms with E-state index in [0.717, 1.165) is 16.4 Å². The van der Waals surface area contributed by atoms with E-state index in [0.29, 0.717) is 5.02 Å². The zero-order chi connectivity index (χ0) is 38.4. The van der Waals surface area contributed by atoms with Gasteiger partial charge in [0, 0.05) is 5.02 Å². The van der Waals surface area contributed by atoms with Gasteiger partial charge in [-0.3, -0.25) is 0 Å². The topological polar surface area (TPSA) is 55.4 Å². The normalized spacial score (nSPS) is 22.4. The van der Waals surface area contributed by atoms with E-state index < -0.39 is 63.0 Å². The molecule has 0 N–H and O–H groups in total. The number of hydrogen-bond acceptors (Lipinski definition) is 6. The van der Waals surface area contributed by atoms with E-state index in [-0.39, 0.29) is 0 Å². The van der Waals surface area contributed by atoms with E-state index >= 15 is 0 Å². The summed E-state index contributed by atoms with van der Waals surface area (Å²) in [7, 11) is -4.36. The minimum atomic E-state index is -2.98. The second-order valence-corrected chi connectivity index (χ2v) is 22.1. The first-order valence-electron chi connectivity index (χ1n) is 18.7. The third kappa shape index (κ3) is 6.51. The van der Waals surface area contributed by atoms with Crippen LogP contribution in [0.2, 0.25) is 5.02 Å². The predicted octanol–water partition coefficient (Wildman–Crippen LogP) is 4.62. The average molecular weight is 749 g/mol. The van der Waals surface area contributed by atoms with Crippen molar-refractivity contribution in [3.05, 3.63) is 102 Å². The molecule has 11 heteroatoms. The van der Waals surface area contributed by atoms with Crippen LogP contribution >= 0.6 is 11.6 Å². The molecule has 0 saturated carbocycles. The van der Waals surface area contributed by atoms with Crippen LogP contribution in [0.15, 0.2) is 97.1 Å². The van der Waals surface area contributed by atoms with Crippen molar-refractivity contribution in [2.75, 3.05) is 0 Å². The molecule has 0 atom stereocenters. The summed E-state index contributed by atoms with van der Waals surface area (Å²) in [5, 5.41) is 5.54. The first-order chi connectivity index (χ1) is 24.6. The predicted molar refractivity (Wildman–Crippen MR) is 222 cm³/mol. The van der Waals surface area contributed by atoms with Crippen LogP contribution < -0.4 is 37.1 Å². The molecular weight excluding hydrogens is 696 g/mol. The van der Waals surface area contributed by atoms with Gasteiger partial charge in [0.1, 0.15) is 0 Å². The fourth-order valence-electron chi connectivity index (χ4n) is 7.31. The SMILES string of the molecule is CC1(C)OB(c2ccc([Si](c3ccc(Cl)cc3)(c3ccc(B4OC(C)(C)C(C)(C)O4)cc3)c3ccc(B4OC(C)(C)C(C)(C)O4)cc3)cc2)OC1(C)C. The molecule has 3 heterocycles. The molecule has 6 nitrogen and oxygen atoms in total. The molecule has 0 aromatic heterocycles. The Morgan fingerprint density at radius 3 is 0.736 bits per heavy atom. The fraction of sp³-hybridized carbons (Fsp3) is 0.429. The second kappa shape index (κ2) is 13.0. The van der Waals surface area contributed by atoms with Crippen LogP contribution in [0.1, 0.15) is 83.1 Å². The monoisotopic (exact) mass is 748 g/mol. The third-order valence-corrected chi connectivity index (χ3v) is 17.9. The lowest BCUT2D eigenvalue weighted by atomic mass is 9.79. The van der Waals surface area contributed by atoms with E-state index in [1.54, 1.807) is 0 Å². The molecule has 7 rings (SSSR count). The Bertz CT molecular complexity index is 1720. The lowest BCUT2D eigenvalue weighted by molar-refractivity contribution is 0.00578. The maximum atomic E-state index is 6.55. The maximum absolute atomic E-state index is 6.55. The summed E-state index contributed by atoms with van der Waals surface area (Å²) in [6.45, 7) is 25.0. The van der Waals surface area contributed by atoms with Crippen LogP contribution in [-0.2, 0) is 27.9 Å². The van der Waals surface area contributed by atoms with Crippen molar-refractivity contribution in [3.63, 3.8) is 0 Å². The molecule has 0 radical (unpaired) electrons. The fourth-order valence-corrected chi connectivity index (χ4v) is 12.1. The second-order valence-electron chi connectivity index (χ2n) is 17.9. The molecule has 0 unspecified atom stereocenters. The zero-order valence-corrected chi connectivity index (χ0v) is 35.1. The van der Waals surface area contributed by atoms with Crippen LogP contribution in [-0.4, -0.2) is 63.0 Å². The molecular formula is C42H52B3ClO6Si. The van der Waals surface area contributed by atoms with E-state index in [1.807, 2.05) is 12.1 Å². The van der Waals surface area contributed by atoms with Gasteiger partial charge in [0.05, 0.1) is 33.6 Å². The molecule has 0 bridgehead atoms. The highest BCUT2D eigenvalue weighted by Gasteiger charge is 2.54.